The predicted octanol–water partition coefficient (Wildman–Crippen LogP) is 2.22. The fourth-order valence-electron chi connectivity index (χ4n) is 2.43. The Kier molecular flexibility index (Phi) is 3.56. The van der Waals surface area contributed by atoms with Crippen LogP contribution in [0.4, 0.5) is 0 Å². The van der Waals surface area contributed by atoms with E-state index >= 15 is 0 Å². The lowest BCUT2D eigenvalue weighted by atomic mass is 10.1. The number of carbonyl (C=O) groups excluding carboxylic acids is 1. The molecule has 2 N–H and O–H groups in total. The standard InChI is InChI=1S/C16H16N2O3/c19-15(18-13(16(20)21)9-10-6-7-10)12-5-1-3-11-4-2-8-17-14(11)12/h1-5,8,10,13H,6-7,9H2,(H,18,19)(H,20,21). The molecule has 1 saturated carbocycles. The van der Waals surface area contributed by atoms with Crippen molar-refractivity contribution in [2.24, 2.45) is 5.92 Å². The van der Waals surface area contributed by atoms with Crippen molar-refractivity contribution >= 4 is 22.8 Å². The molecule has 1 heterocycles. The van der Waals surface area contributed by atoms with Crippen molar-refractivity contribution in [3.63, 3.8) is 0 Å². The second kappa shape index (κ2) is 5.52. The molecule has 1 atom stereocenters. The molecule has 3 rings (SSSR count). The summed E-state index contributed by atoms with van der Waals surface area (Å²) in [6, 6.07) is 8.16. The van der Waals surface area contributed by atoms with E-state index in [1.54, 1.807) is 24.4 Å². The molecule has 0 spiro atoms. The van der Waals surface area contributed by atoms with Gasteiger partial charge in [0.1, 0.15) is 6.04 Å². The van der Waals surface area contributed by atoms with Crippen LogP contribution in [0.5, 0.6) is 0 Å². The number of nitrogens with one attached hydrogen (secondary N) is 1. The average molecular weight is 284 g/mol. The van der Waals surface area contributed by atoms with Crippen LogP contribution in [0.25, 0.3) is 10.9 Å². The summed E-state index contributed by atoms with van der Waals surface area (Å²) in [5, 5.41) is 12.7. The van der Waals surface area contributed by atoms with Crippen molar-refractivity contribution in [2.75, 3.05) is 0 Å². The number of hydrogen-bond donors (Lipinski definition) is 2. The van der Waals surface area contributed by atoms with Crippen molar-refractivity contribution in [1.82, 2.24) is 10.3 Å². The predicted molar refractivity (Wildman–Crippen MR) is 78.0 cm³/mol. The summed E-state index contributed by atoms with van der Waals surface area (Å²) in [5.41, 5.74) is 1.00. The molecule has 2 aromatic rings. The Hall–Kier alpha value is -2.43. The van der Waals surface area contributed by atoms with Crippen molar-refractivity contribution in [3.05, 3.63) is 42.1 Å². The molecule has 0 aliphatic heterocycles. The zero-order valence-corrected chi connectivity index (χ0v) is 11.5. The van der Waals surface area contributed by atoms with Gasteiger partial charge in [0.05, 0.1) is 11.1 Å². The number of amides is 1. The third kappa shape index (κ3) is 3.02. The first-order valence-electron chi connectivity index (χ1n) is 7.02. The third-order valence-electron chi connectivity index (χ3n) is 3.75. The highest BCUT2D eigenvalue weighted by Gasteiger charge is 2.30. The maximum atomic E-state index is 12.4. The second-order valence-corrected chi connectivity index (χ2v) is 5.42. The van der Waals surface area contributed by atoms with Gasteiger partial charge in [0.15, 0.2) is 0 Å². The third-order valence-corrected chi connectivity index (χ3v) is 3.75. The van der Waals surface area contributed by atoms with Crippen LogP contribution in [0.2, 0.25) is 0 Å². The van der Waals surface area contributed by atoms with Crippen LogP contribution in [0, 0.1) is 5.92 Å². The number of aliphatic carboxylic acids is 1. The van der Waals surface area contributed by atoms with Crippen LogP contribution in [-0.2, 0) is 4.79 Å². The smallest absolute Gasteiger partial charge is 0.326 e. The summed E-state index contributed by atoms with van der Waals surface area (Å²) in [7, 11) is 0. The number of rotatable bonds is 5. The molecule has 1 fully saturated rings. The molecule has 0 bridgehead atoms. The summed E-state index contributed by atoms with van der Waals surface area (Å²) in [6.45, 7) is 0. The van der Waals surface area contributed by atoms with Crippen molar-refractivity contribution in [3.8, 4) is 0 Å². The number of pyridine rings is 1. The number of benzene rings is 1. The van der Waals surface area contributed by atoms with E-state index < -0.39 is 12.0 Å². The first-order valence-corrected chi connectivity index (χ1v) is 7.02. The van der Waals surface area contributed by atoms with Gasteiger partial charge in [-0.15, -0.1) is 0 Å². The van der Waals surface area contributed by atoms with Gasteiger partial charge < -0.3 is 10.4 Å². The molecule has 5 heteroatoms. The molecule has 0 radical (unpaired) electrons. The molecular weight excluding hydrogens is 268 g/mol. The summed E-state index contributed by atoms with van der Waals surface area (Å²) in [6.07, 6.45) is 4.22. The van der Waals surface area contributed by atoms with Gasteiger partial charge >= 0.3 is 5.97 Å². The van der Waals surface area contributed by atoms with Crippen LogP contribution >= 0.6 is 0 Å². The van der Waals surface area contributed by atoms with Gasteiger partial charge in [0.25, 0.3) is 5.91 Å². The summed E-state index contributed by atoms with van der Waals surface area (Å²) in [5.74, 6) is -0.937. The van der Waals surface area contributed by atoms with Crippen LogP contribution in [-0.4, -0.2) is 28.0 Å². The SMILES string of the molecule is O=C(NC(CC1CC1)C(=O)O)c1cccc2cccnc12. The van der Waals surface area contributed by atoms with E-state index in [4.69, 9.17) is 0 Å². The zero-order chi connectivity index (χ0) is 14.8. The lowest BCUT2D eigenvalue weighted by Gasteiger charge is -2.14. The Bertz CT molecular complexity index is 689. The molecule has 108 valence electrons. The fraction of sp³-hybridized carbons (Fsp3) is 0.312. The first kappa shape index (κ1) is 13.5. The number of carbonyl (C=O) groups is 2. The fourth-order valence-corrected chi connectivity index (χ4v) is 2.43. The topological polar surface area (TPSA) is 79.3 Å². The number of nitrogens with zero attached hydrogens (tertiary/aromatic N) is 1. The number of para-hydroxylation sites is 1. The number of fused-ring (bicyclic) bond motifs is 1. The van der Waals surface area contributed by atoms with Crippen molar-refractivity contribution in [2.45, 2.75) is 25.3 Å². The van der Waals surface area contributed by atoms with Gasteiger partial charge in [0, 0.05) is 11.6 Å². The average Bonchev–Trinajstić information content (AvgIpc) is 3.29. The molecule has 21 heavy (non-hydrogen) atoms. The molecule has 1 amide bonds. The number of carboxylic acid groups (broad SMARTS) is 1. The molecule has 0 saturated heterocycles. The Morgan fingerprint density at radius 1 is 1.29 bits per heavy atom. The summed E-state index contributed by atoms with van der Waals surface area (Å²) in [4.78, 5) is 27.8. The van der Waals surface area contributed by atoms with Gasteiger partial charge in [-0.05, 0) is 24.5 Å². The number of carboxylic acids is 1. The van der Waals surface area contributed by atoms with E-state index in [9.17, 15) is 14.7 Å². The Balaban J connectivity index is 1.84. The minimum absolute atomic E-state index is 0.382. The van der Waals surface area contributed by atoms with Gasteiger partial charge in [0.2, 0.25) is 0 Å². The minimum Gasteiger partial charge on any atom is -0.480 e. The van der Waals surface area contributed by atoms with E-state index in [2.05, 4.69) is 10.3 Å². The van der Waals surface area contributed by atoms with E-state index in [1.165, 1.54) is 0 Å². The highest BCUT2D eigenvalue weighted by molar-refractivity contribution is 6.06. The lowest BCUT2D eigenvalue weighted by Crippen LogP contribution is -2.41. The zero-order valence-electron chi connectivity index (χ0n) is 11.5. The van der Waals surface area contributed by atoms with Gasteiger partial charge in [-0.1, -0.05) is 31.0 Å². The van der Waals surface area contributed by atoms with E-state index in [0.29, 0.717) is 23.4 Å². The highest BCUT2D eigenvalue weighted by atomic mass is 16.4. The van der Waals surface area contributed by atoms with Gasteiger partial charge in [-0.2, -0.15) is 0 Å². The Morgan fingerprint density at radius 3 is 2.76 bits per heavy atom. The Morgan fingerprint density at radius 2 is 2.05 bits per heavy atom. The second-order valence-electron chi connectivity index (χ2n) is 5.42. The minimum atomic E-state index is -0.983. The largest absolute Gasteiger partial charge is 0.480 e. The molecule has 5 nitrogen and oxygen atoms in total. The molecule has 1 aromatic heterocycles. The van der Waals surface area contributed by atoms with E-state index in [0.717, 1.165) is 18.2 Å². The monoisotopic (exact) mass is 284 g/mol. The summed E-state index contributed by atoms with van der Waals surface area (Å²) < 4.78 is 0. The molecular formula is C16H16N2O3. The highest BCUT2D eigenvalue weighted by Crippen LogP contribution is 2.33. The van der Waals surface area contributed by atoms with Gasteiger partial charge in [-0.3, -0.25) is 9.78 Å². The van der Waals surface area contributed by atoms with Gasteiger partial charge in [-0.25, -0.2) is 4.79 Å². The lowest BCUT2D eigenvalue weighted by molar-refractivity contribution is -0.139. The normalized spacial score (nSPS) is 15.6. The number of hydrogen-bond acceptors (Lipinski definition) is 3. The van der Waals surface area contributed by atoms with E-state index in [-0.39, 0.29) is 5.91 Å². The van der Waals surface area contributed by atoms with Crippen molar-refractivity contribution in [1.29, 1.82) is 0 Å². The molecule has 1 aromatic carbocycles. The molecule has 1 unspecified atom stereocenters. The first-order chi connectivity index (χ1) is 10.1. The van der Waals surface area contributed by atoms with Crippen molar-refractivity contribution < 1.29 is 14.7 Å². The summed E-state index contributed by atoms with van der Waals surface area (Å²) >= 11 is 0. The van der Waals surface area contributed by atoms with Crippen LogP contribution in [0.3, 0.4) is 0 Å². The maximum absolute atomic E-state index is 12.4. The van der Waals surface area contributed by atoms with Crippen LogP contribution < -0.4 is 5.32 Å². The Labute approximate surface area is 122 Å². The maximum Gasteiger partial charge on any atom is 0.326 e. The van der Waals surface area contributed by atoms with Crippen LogP contribution in [0.15, 0.2) is 36.5 Å². The quantitative estimate of drug-likeness (QED) is 0.882. The molecule has 1 aliphatic carbocycles. The van der Waals surface area contributed by atoms with E-state index in [1.807, 2.05) is 12.1 Å². The molecule has 1 aliphatic rings. The number of aromatic nitrogens is 1. The van der Waals surface area contributed by atoms with Crippen LogP contribution in [0.1, 0.15) is 29.6 Å².